The normalized spacial score (nSPS) is 11.0. The lowest BCUT2D eigenvalue weighted by atomic mass is 10.2. The highest BCUT2D eigenvalue weighted by molar-refractivity contribution is 9.11. The molecule has 0 aromatic heterocycles. The van der Waals surface area contributed by atoms with Crippen LogP contribution in [0.1, 0.15) is 5.56 Å². The summed E-state index contributed by atoms with van der Waals surface area (Å²) in [5.41, 5.74) is 1.29. The number of likely N-dealkylation sites (N-methyl/N-ethyl adjacent to an activating group) is 1. The van der Waals surface area contributed by atoms with Crippen molar-refractivity contribution in [3.05, 3.63) is 32.7 Å². The monoisotopic (exact) mass is 334 g/mol. The highest BCUT2D eigenvalue weighted by atomic mass is 79.9. The Morgan fingerprint density at radius 2 is 2.00 bits per heavy atom. The van der Waals surface area contributed by atoms with Crippen LogP contribution in [0.3, 0.4) is 0 Å². The average molecular weight is 336 g/mol. The van der Waals surface area contributed by atoms with Gasteiger partial charge in [-0.25, -0.2) is 0 Å². The third-order valence-electron chi connectivity index (χ3n) is 2.07. The molecule has 1 aromatic carbocycles. The van der Waals surface area contributed by atoms with Gasteiger partial charge in [-0.3, -0.25) is 0 Å². The Kier molecular flexibility index (Phi) is 5.82. The molecule has 0 bridgehead atoms. The first-order valence-corrected chi connectivity index (χ1v) is 6.47. The van der Waals surface area contributed by atoms with Crippen LogP contribution in [0.15, 0.2) is 27.1 Å². The van der Waals surface area contributed by atoms with Crippen molar-refractivity contribution in [3.8, 4) is 0 Å². The summed E-state index contributed by atoms with van der Waals surface area (Å²) in [7, 11) is 4.16. The molecule has 1 rings (SSSR count). The second-order valence-corrected chi connectivity index (χ2v) is 5.49. The standard InChI is InChI=1S/C11H16Br2N2/c1-15(2)6-5-14-8-9-3-4-10(12)7-11(9)13/h3-4,7,14H,5-6,8H2,1-2H3. The molecule has 15 heavy (non-hydrogen) atoms. The van der Waals surface area contributed by atoms with E-state index < -0.39 is 0 Å². The molecule has 0 aliphatic carbocycles. The summed E-state index contributed by atoms with van der Waals surface area (Å²) in [6.45, 7) is 2.98. The maximum absolute atomic E-state index is 3.55. The minimum Gasteiger partial charge on any atom is -0.311 e. The van der Waals surface area contributed by atoms with E-state index in [2.05, 4.69) is 74.4 Å². The van der Waals surface area contributed by atoms with E-state index in [1.807, 2.05) is 0 Å². The number of halogens is 2. The van der Waals surface area contributed by atoms with Crippen molar-refractivity contribution in [2.24, 2.45) is 0 Å². The van der Waals surface area contributed by atoms with E-state index in [0.29, 0.717) is 0 Å². The third kappa shape index (κ3) is 5.11. The lowest BCUT2D eigenvalue weighted by Crippen LogP contribution is -2.26. The van der Waals surface area contributed by atoms with Crippen LogP contribution in [0, 0.1) is 0 Å². The first-order chi connectivity index (χ1) is 7.09. The minimum absolute atomic E-state index is 0.904. The predicted molar refractivity (Wildman–Crippen MR) is 72.1 cm³/mol. The van der Waals surface area contributed by atoms with Gasteiger partial charge in [0.2, 0.25) is 0 Å². The summed E-state index contributed by atoms with van der Waals surface area (Å²) in [6, 6.07) is 6.26. The highest BCUT2D eigenvalue weighted by Crippen LogP contribution is 2.21. The van der Waals surface area contributed by atoms with Crippen molar-refractivity contribution in [3.63, 3.8) is 0 Å². The summed E-state index contributed by atoms with van der Waals surface area (Å²) in [4.78, 5) is 2.17. The van der Waals surface area contributed by atoms with Crippen LogP contribution in [0.25, 0.3) is 0 Å². The molecule has 0 radical (unpaired) electrons. The van der Waals surface area contributed by atoms with Gasteiger partial charge in [0.25, 0.3) is 0 Å². The Labute approximate surface area is 108 Å². The second kappa shape index (κ2) is 6.63. The summed E-state index contributed by atoms with van der Waals surface area (Å²) in [5, 5.41) is 3.41. The summed E-state index contributed by atoms with van der Waals surface area (Å²) < 4.78 is 2.25. The van der Waals surface area contributed by atoms with Crippen LogP contribution in [-0.4, -0.2) is 32.1 Å². The Morgan fingerprint density at radius 1 is 1.27 bits per heavy atom. The van der Waals surface area contributed by atoms with Gasteiger partial charge in [0, 0.05) is 28.6 Å². The average Bonchev–Trinajstić information content (AvgIpc) is 2.14. The van der Waals surface area contributed by atoms with E-state index in [1.165, 1.54) is 5.56 Å². The minimum atomic E-state index is 0.904. The maximum atomic E-state index is 3.55. The first-order valence-electron chi connectivity index (χ1n) is 4.89. The number of benzene rings is 1. The molecule has 0 saturated heterocycles. The van der Waals surface area contributed by atoms with Crippen LogP contribution in [-0.2, 0) is 6.54 Å². The van der Waals surface area contributed by atoms with E-state index in [0.717, 1.165) is 28.6 Å². The lowest BCUT2D eigenvalue weighted by molar-refractivity contribution is 0.400. The second-order valence-electron chi connectivity index (χ2n) is 3.72. The van der Waals surface area contributed by atoms with Crippen molar-refractivity contribution >= 4 is 31.9 Å². The molecule has 1 N–H and O–H groups in total. The van der Waals surface area contributed by atoms with Gasteiger partial charge in [-0.05, 0) is 31.8 Å². The molecular formula is C11H16Br2N2. The third-order valence-corrected chi connectivity index (χ3v) is 3.30. The molecule has 0 fully saturated rings. The van der Waals surface area contributed by atoms with Crippen LogP contribution < -0.4 is 5.32 Å². The van der Waals surface area contributed by atoms with Gasteiger partial charge in [0.15, 0.2) is 0 Å². The van der Waals surface area contributed by atoms with Crippen LogP contribution in [0.5, 0.6) is 0 Å². The molecule has 0 atom stereocenters. The summed E-state index contributed by atoms with van der Waals surface area (Å²) in [6.07, 6.45) is 0. The molecule has 84 valence electrons. The fraction of sp³-hybridized carbons (Fsp3) is 0.455. The molecule has 4 heteroatoms. The van der Waals surface area contributed by atoms with Crippen molar-refractivity contribution in [2.45, 2.75) is 6.54 Å². The number of nitrogens with zero attached hydrogens (tertiary/aromatic N) is 1. The number of hydrogen-bond donors (Lipinski definition) is 1. The molecule has 2 nitrogen and oxygen atoms in total. The van der Waals surface area contributed by atoms with Crippen LogP contribution in [0.4, 0.5) is 0 Å². The van der Waals surface area contributed by atoms with Crippen LogP contribution >= 0.6 is 31.9 Å². The SMILES string of the molecule is CN(C)CCNCc1ccc(Br)cc1Br. The molecular weight excluding hydrogens is 320 g/mol. The molecule has 1 aromatic rings. The van der Waals surface area contributed by atoms with Crippen molar-refractivity contribution in [2.75, 3.05) is 27.2 Å². The number of nitrogens with one attached hydrogen (secondary N) is 1. The molecule has 0 spiro atoms. The highest BCUT2D eigenvalue weighted by Gasteiger charge is 1.99. The Balaban J connectivity index is 2.37. The Hall–Kier alpha value is 0.1000. The van der Waals surface area contributed by atoms with E-state index in [-0.39, 0.29) is 0 Å². The fourth-order valence-electron chi connectivity index (χ4n) is 1.19. The van der Waals surface area contributed by atoms with E-state index in [9.17, 15) is 0 Å². The van der Waals surface area contributed by atoms with Gasteiger partial charge in [-0.2, -0.15) is 0 Å². The van der Waals surface area contributed by atoms with Crippen molar-refractivity contribution in [1.82, 2.24) is 10.2 Å². The van der Waals surface area contributed by atoms with Gasteiger partial charge in [0.05, 0.1) is 0 Å². The van der Waals surface area contributed by atoms with E-state index in [1.54, 1.807) is 0 Å². The Bertz CT molecular complexity index is 313. The molecule has 0 saturated carbocycles. The molecule has 0 aliphatic rings. The van der Waals surface area contributed by atoms with Crippen molar-refractivity contribution in [1.29, 1.82) is 0 Å². The quantitative estimate of drug-likeness (QED) is 0.832. The van der Waals surface area contributed by atoms with Gasteiger partial charge < -0.3 is 10.2 Å². The van der Waals surface area contributed by atoms with E-state index in [4.69, 9.17) is 0 Å². The fourth-order valence-corrected chi connectivity index (χ4v) is 2.38. The number of hydrogen-bond acceptors (Lipinski definition) is 2. The first kappa shape index (κ1) is 13.2. The topological polar surface area (TPSA) is 15.3 Å². The largest absolute Gasteiger partial charge is 0.311 e. The summed E-state index contributed by atoms with van der Waals surface area (Å²) in [5.74, 6) is 0. The maximum Gasteiger partial charge on any atom is 0.0231 e. The zero-order valence-electron chi connectivity index (χ0n) is 9.06. The molecule has 0 amide bonds. The van der Waals surface area contributed by atoms with Gasteiger partial charge in [-0.1, -0.05) is 37.9 Å². The van der Waals surface area contributed by atoms with Gasteiger partial charge in [0.1, 0.15) is 0 Å². The molecule has 0 heterocycles. The van der Waals surface area contributed by atoms with Gasteiger partial charge in [-0.15, -0.1) is 0 Å². The summed E-state index contributed by atoms with van der Waals surface area (Å²) >= 11 is 6.99. The lowest BCUT2D eigenvalue weighted by Gasteiger charge is -2.11. The zero-order chi connectivity index (χ0) is 11.3. The zero-order valence-corrected chi connectivity index (χ0v) is 12.2. The van der Waals surface area contributed by atoms with E-state index >= 15 is 0 Å². The van der Waals surface area contributed by atoms with Crippen LogP contribution in [0.2, 0.25) is 0 Å². The molecule has 0 aliphatic heterocycles. The number of rotatable bonds is 5. The smallest absolute Gasteiger partial charge is 0.0231 e. The predicted octanol–water partition coefficient (Wildman–Crippen LogP) is 2.86. The van der Waals surface area contributed by atoms with Gasteiger partial charge >= 0.3 is 0 Å². The Morgan fingerprint density at radius 3 is 2.60 bits per heavy atom. The van der Waals surface area contributed by atoms with Crippen molar-refractivity contribution < 1.29 is 0 Å². The molecule has 0 unspecified atom stereocenters.